The van der Waals surface area contributed by atoms with Gasteiger partial charge >= 0.3 is 0 Å². The normalized spacial score (nSPS) is 15.6. The van der Waals surface area contributed by atoms with Crippen LogP contribution in [-0.2, 0) is 17.7 Å². The lowest BCUT2D eigenvalue weighted by Gasteiger charge is -2.25. The molecule has 0 aliphatic carbocycles. The van der Waals surface area contributed by atoms with Gasteiger partial charge in [0.1, 0.15) is 5.69 Å². The van der Waals surface area contributed by atoms with E-state index in [2.05, 4.69) is 25.1 Å². The lowest BCUT2D eigenvalue weighted by atomic mass is 10.1. The van der Waals surface area contributed by atoms with E-state index in [0.29, 0.717) is 5.69 Å². The zero-order valence-electron chi connectivity index (χ0n) is 10.9. The molecule has 4 N–H and O–H groups in total. The molecule has 3 heterocycles. The third kappa shape index (κ3) is 2.34. The Morgan fingerprint density at radius 3 is 3.16 bits per heavy atom. The highest BCUT2D eigenvalue weighted by atomic mass is 16.5. The molecule has 0 spiro atoms. The summed E-state index contributed by atoms with van der Waals surface area (Å²) in [5, 5.41) is 6.80. The van der Waals surface area contributed by atoms with Crippen LogP contribution < -0.4 is 5.73 Å². The summed E-state index contributed by atoms with van der Waals surface area (Å²) >= 11 is 0. The van der Waals surface area contributed by atoms with E-state index in [1.807, 2.05) is 0 Å². The maximum Gasteiger partial charge on any atom is 0.158 e. The van der Waals surface area contributed by atoms with E-state index in [0.717, 1.165) is 55.6 Å². The predicted molar refractivity (Wildman–Crippen MR) is 71.4 cm³/mol. The third-order valence-corrected chi connectivity index (χ3v) is 3.43. The molecule has 19 heavy (non-hydrogen) atoms. The van der Waals surface area contributed by atoms with E-state index in [9.17, 15) is 0 Å². The van der Waals surface area contributed by atoms with Crippen LogP contribution in [0.15, 0.2) is 6.20 Å². The van der Waals surface area contributed by atoms with Crippen molar-refractivity contribution in [2.75, 3.05) is 32.5 Å². The summed E-state index contributed by atoms with van der Waals surface area (Å²) in [5.41, 5.74) is 9.50. The van der Waals surface area contributed by atoms with Crippen molar-refractivity contribution in [2.24, 2.45) is 0 Å². The van der Waals surface area contributed by atoms with Gasteiger partial charge in [-0.25, -0.2) is 4.98 Å². The van der Waals surface area contributed by atoms with Crippen molar-refractivity contribution in [2.45, 2.75) is 13.0 Å². The Labute approximate surface area is 111 Å². The van der Waals surface area contributed by atoms with E-state index in [-0.39, 0.29) is 0 Å². The molecule has 0 fully saturated rings. The second kappa shape index (κ2) is 5.02. The van der Waals surface area contributed by atoms with Gasteiger partial charge in [0.25, 0.3) is 0 Å². The highest BCUT2D eigenvalue weighted by Gasteiger charge is 2.21. The second-order valence-electron chi connectivity index (χ2n) is 4.73. The minimum Gasteiger partial charge on any atom is -0.396 e. The number of H-pyrrole nitrogens is 2. The Bertz CT molecular complexity index is 560. The van der Waals surface area contributed by atoms with Crippen molar-refractivity contribution in [3.63, 3.8) is 0 Å². The van der Waals surface area contributed by atoms with Gasteiger partial charge in [-0.3, -0.25) is 10.00 Å². The molecule has 0 atom stereocenters. The van der Waals surface area contributed by atoms with E-state index in [1.54, 1.807) is 13.3 Å². The van der Waals surface area contributed by atoms with Crippen molar-refractivity contribution in [1.29, 1.82) is 0 Å². The molecule has 2 aromatic rings. The van der Waals surface area contributed by atoms with E-state index in [4.69, 9.17) is 10.5 Å². The molecule has 1 aliphatic heterocycles. The van der Waals surface area contributed by atoms with Crippen molar-refractivity contribution < 1.29 is 4.74 Å². The molecule has 2 aromatic heterocycles. The van der Waals surface area contributed by atoms with Crippen LogP contribution in [0.2, 0.25) is 0 Å². The van der Waals surface area contributed by atoms with E-state index >= 15 is 0 Å². The number of fused-ring (bicyclic) bond motifs is 1. The van der Waals surface area contributed by atoms with Crippen molar-refractivity contribution in [3.8, 4) is 11.5 Å². The van der Waals surface area contributed by atoms with Gasteiger partial charge in [-0.15, -0.1) is 0 Å². The Balaban J connectivity index is 1.79. The van der Waals surface area contributed by atoms with Gasteiger partial charge in [-0.2, -0.15) is 5.10 Å². The van der Waals surface area contributed by atoms with Gasteiger partial charge in [0.05, 0.1) is 29.9 Å². The molecule has 0 saturated heterocycles. The average Bonchev–Trinajstić information content (AvgIpc) is 3.01. The molecule has 0 amide bonds. The number of hydrogen-bond donors (Lipinski definition) is 3. The Morgan fingerprint density at radius 2 is 2.42 bits per heavy atom. The van der Waals surface area contributed by atoms with Gasteiger partial charge in [0.2, 0.25) is 0 Å². The molecule has 0 saturated carbocycles. The molecule has 0 unspecified atom stereocenters. The van der Waals surface area contributed by atoms with Gasteiger partial charge in [0, 0.05) is 33.2 Å². The molecule has 1 aliphatic rings. The molecule has 3 rings (SSSR count). The highest BCUT2D eigenvalue weighted by Crippen LogP contribution is 2.24. The number of ether oxygens (including phenoxy) is 1. The maximum absolute atomic E-state index is 5.84. The fourth-order valence-electron chi connectivity index (χ4n) is 2.36. The third-order valence-electron chi connectivity index (χ3n) is 3.43. The number of nitrogens with two attached hydrogens (primary N) is 1. The van der Waals surface area contributed by atoms with Gasteiger partial charge in [0.15, 0.2) is 5.82 Å². The summed E-state index contributed by atoms with van der Waals surface area (Å²) in [7, 11) is 1.73. The average molecular weight is 262 g/mol. The summed E-state index contributed by atoms with van der Waals surface area (Å²) in [6, 6.07) is 0. The number of nitrogens with zero attached hydrogens (tertiary/aromatic N) is 3. The van der Waals surface area contributed by atoms with Crippen LogP contribution in [0.25, 0.3) is 11.5 Å². The van der Waals surface area contributed by atoms with Crippen LogP contribution in [0.3, 0.4) is 0 Å². The first-order valence-corrected chi connectivity index (χ1v) is 6.36. The highest BCUT2D eigenvalue weighted by molar-refractivity contribution is 5.66. The molecule has 0 aromatic carbocycles. The Hall–Kier alpha value is -1.86. The summed E-state index contributed by atoms with van der Waals surface area (Å²) in [6.07, 6.45) is 2.55. The lowest BCUT2D eigenvalue weighted by Crippen LogP contribution is -2.33. The first-order chi connectivity index (χ1) is 9.28. The topological polar surface area (TPSA) is 95.8 Å². The van der Waals surface area contributed by atoms with Gasteiger partial charge in [-0.1, -0.05) is 0 Å². The number of anilines is 1. The SMILES string of the molecule is COCCN1CCc2nc(-c3[nH]ncc3N)[nH]c2C1. The van der Waals surface area contributed by atoms with Crippen LogP contribution in [0.5, 0.6) is 0 Å². The molecule has 0 radical (unpaired) electrons. The molecule has 7 nitrogen and oxygen atoms in total. The zero-order valence-corrected chi connectivity index (χ0v) is 10.9. The largest absolute Gasteiger partial charge is 0.396 e. The van der Waals surface area contributed by atoms with Crippen LogP contribution >= 0.6 is 0 Å². The fraction of sp³-hybridized carbons (Fsp3) is 0.500. The summed E-state index contributed by atoms with van der Waals surface area (Å²) in [6.45, 7) is 3.58. The van der Waals surface area contributed by atoms with Crippen LogP contribution in [0.4, 0.5) is 5.69 Å². The Kier molecular flexibility index (Phi) is 3.22. The number of imidazole rings is 1. The second-order valence-corrected chi connectivity index (χ2v) is 4.73. The quantitative estimate of drug-likeness (QED) is 0.740. The molecule has 7 heteroatoms. The van der Waals surface area contributed by atoms with Crippen LogP contribution in [-0.4, -0.2) is 51.9 Å². The zero-order chi connectivity index (χ0) is 13.2. The van der Waals surface area contributed by atoms with Crippen molar-refractivity contribution in [3.05, 3.63) is 17.6 Å². The number of rotatable bonds is 4. The summed E-state index contributed by atoms with van der Waals surface area (Å²) in [5.74, 6) is 0.772. The molecule has 102 valence electrons. The molecular formula is C12H18N6O. The summed E-state index contributed by atoms with van der Waals surface area (Å²) in [4.78, 5) is 10.3. The van der Waals surface area contributed by atoms with Gasteiger partial charge in [-0.05, 0) is 0 Å². The standard InChI is InChI=1S/C12H18N6O/c1-19-5-4-18-3-2-9-10(7-18)16-12(15-9)11-8(13)6-14-17-11/h6H,2-5,7,13H2,1H3,(H,14,17)(H,15,16). The number of nitrogens with one attached hydrogen (secondary N) is 2. The molecule has 0 bridgehead atoms. The van der Waals surface area contributed by atoms with E-state index < -0.39 is 0 Å². The van der Waals surface area contributed by atoms with E-state index in [1.165, 1.54) is 0 Å². The minimum absolute atomic E-state index is 0.613. The number of aromatic nitrogens is 4. The minimum atomic E-state index is 0.613. The Morgan fingerprint density at radius 1 is 1.53 bits per heavy atom. The molecular weight excluding hydrogens is 244 g/mol. The number of methoxy groups -OCH3 is 1. The maximum atomic E-state index is 5.84. The van der Waals surface area contributed by atoms with Crippen LogP contribution in [0.1, 0.15) is 11.4 Å². The lowest BCUT2D eigenvalue weighted by molar-refractivity contribution is 0.139. The number of hydrogen-bond acceptors (Lipinski definition) is 5. The van der Waals surface area contributed by atoms with Crippen molar-refractivity contribution >= 4 is 5.69 Å². The smallest absolute Gasteiger partial charge is 0.158 e. The first-order valence-electron chi connectivity index (χ1n) is 6.36. The van der Waals surface area contributed by atoms with Gasteiger partial charge < -0.3 is 15.5 Å². The van der Waals surface area contributed by atoms with Crippen LogP contribution in [0, 0.1) is 0 Å². The first kappa shape index (κ1) is 12.2. The summed E-state index contributed by atoms with van der Waals surface area (Å²) < 4.78 is 5.12. The number of aromatic amines is 2. The fourth-order valence-corrected chi connectivity index (χ4v) is 2.36. The number of nitrogen functional groups attached to an aromatic ring is 1. The van der Waals surface area contributed by atoms with Crippen molar-refractivity contribution in [1.82, 2.24) is 25.1 Å². The monoisotopic (exact) mass is 262 g/mol. The predicted octanol–water partition coefficient (Wildman–Crippen LogP) is 0.386.